The lowest BCUT2D eigenvalue weighted by atomic mass is 9.98. The van der Waals surface area contributed by atoms with Crippen LogP contribution in [0, 0.1) is 0 Å². The third-order valence-electron chi connectivity index (χ3n) is 2.83. The summed E-state index contributed by atoms with van der Waals surface area (Å²) in [6.07, 6.45) is 3.23. The van der Waals surface area contributed by atoms with E-state index in [0.29, 0.717) is 5.92 Å². The van der Waals surface area contributed by atoms with E-state index in [1.165, 1.54) is 17.4 Å². The number of rotatable bonds is 2. The van der Waals surface area contributed by atoms with Gasteiger partial charge in [-0.05, 0) is 24.0 Å². The summed E-state index contributed by atoms with van der Waals surface area (Å²) >= 11 is 0. The molecule has 0 radical (unpaired) electrons. The van der Waals surface area contributed by atoms with Crippen LogP contribution in [-0.4, -0.2) is 9.78 Å². The Bertz CT molecular complexity index is 443. The van der Waals surface area contributed by atoms with Gasteiger partial charge in [-0.25, -0.2) is 0 Å². The van der Waals surface area contributed by atoms with E-state index in [-0.39, 0.29) is 0 Å². The van der Waals surface area contributed by atoms with Crippen LogP contribution in [0.15, 0.2) is 24.4 Å². The van der Waals surface area contributed by atoms with Gasteiger partial charge in [0.15, 0.2) is 0 Å². The van der Waals surface area contributed by atoms with E-state index in [9.17, 15) is 0 Å². The van der Waals surface area contributed by atoms with Gasteiger partial charge in [0.1, 0.15) is 0 Å². The standard InChI is InChI=1S/C12H16N2/c1-4-9(2)10-5-6-11-8-14(3)13-12(11)7-10/h5-9H,4H2,1-3H3. The fraction of sp³-hybridized carbons (Fsp3) is 0.417. The summed E-state index contributed by atoms with van der Waals surface area (Å²) in [4.78, 5) is 0. The number of aromatic nitrogens is 2. The maximum Gasteiger partial charge on any atom is 0.0926 e. The summed E-state index contributed by atoms with van der Waals surface area (Å²) < 4.78 is 1.87. The minimum absolute atomic E-state index is 0.626. The molecule has 2 heteroatoms. The predicted molar refractivity (Wildman–Crippen MR) is 59.4 cm³/mol. The molecule has 2 aromatic rings. The molecule has 0 spiro atoms. The second-order valence-electron chi connectivity index (χ2n) is 3.93. The zero-order valence-corrected chi connectivity index (χ0v) is 8.99. The van der Waals surface area contributed by atoms with Crippen molar-refractivity contribution < 1.29 is 0 Å². The molecule has 0 saturated heterocycles. The highest BCUT2D eigenvalue weighted by molar-refractivity contribution is 5.78. The average Bonchev–Trinajstić information content (AvgIpc) is 2.55. The van der Waals surface area contributed by atoms with Crippen molar-refractivity contribution in [1.82, 2.24) is 9.78 Å². The summed E-state index contributed by atoms with van der Waals surface area (Å²) in [6.45, 7) is 4.47. The number of aryl methyl sites for hydroxylation is 1. The molecule has 0 saturated carbocycles. The van der Waals surface area contributed by atoms with Crippen molar-refractivity contribution in [3.05, 3.63) is 30.0 Å². The zero-order chi connectivity index (χ0) is 10.1. The Balaban J connectivity index is 2.50. The third kappa shape index (κ3) is 1.52. The van der Waals surface area contributed by atoms with Crippen LogP contribution in [0.2, 0.25) is 0 Å². The van der Waals surface area contributed by atoms with Crippen LogP contribution in [-0.2, 0) is 7.05 Å². The Kier molecular flexibility index (Phi) is 2.28. The van der Waals surface area contributed by atoms with Gasteiger partial charge in [0, 0.05) is 18.6 Å². The number of benzene rings is 1. The topological polar surface area (TPSA) is 17.8 Å². The van der Waals surface area contributed by atoms with Crippen LogP contribution in [0.1, 0.15) is 31.7 Å². The van der Waals surface area contributed by atoms with Gasteiger partial charge in [-0.3, -0.25) is 4.68 Å². The molecule has 74 valence electrons. The fourth-order valence-electron chi connectivity index (χ4n) is 1.70. The average molecular weight is 188 g/mol. The van der Waals surface area contributed by atoms with Crippen molar-refractivity contribution in [3.63, 3.8) is 0 Å². The highest BCUT2D eigenvalue weighted by Crippen LogP contribution is 2.22. The normalized spacial score (nSPS) is 13.4. The first-order valence-corrected chi connectivity index (χ1v) is 5.14. The maximum atomic E-state index is 4.41. The molecule has 0 aliphatic carbocycles. The number of hydrogen-bond donors (Lipinski definition) is 0. The van der Waals surface area contributed by atoms with Gasteiger partial charge in [0.2, 0.25) is 0 Å². The number of nitrogens with zero attached hydrogens (tertiary/aromatic N) is 2. The van der Waals surface area contributed by atoms with Crippen molar-refractivity contribution >= 4 is 10.9 Å². The van der Waals surface area contributed by atoms with Crippen LogP contribution in [0.5, 0.6) is 0 Å². The largest absolute Gasteiger partial charge is 0.275 e. The lowest BCUT2D eigenvalue weighted by molar-refractivity contribution is 0.733. The third-order valence-corrected chi connectivity index (χ3v) is 2.83. The van der Waals surface area contributed by atoms with E-state index >= 15 is 0 Å². The molecule has 1 heterocycles. The molecule has 0 aliphatic rings. The van der Waals surface area contributed by atoms with Gasteiger partial charge in [0.05, 0.1) is 5.52 Å². The minimum atomic E-state index is 0.626. The van der Waals surface area contributed by atoms with Gasteiger partial charge >= 0.3 is 0 Å². The van der Waals surface area contributed by atoms with Crippen molar-refractivity contribution in [2.45, 2.75) is 26.2 Å². The molecule has 0 amide bonds. The van der Waals surface area contributed by atoms with E-state index in [0.717, 1.165) is 5.52 Å². The molecular weight excluding hydrogens is 172 g/mol. The molecular formula is C12H16N2. The van der Waals surface area contributed by atoms with E-state index in [1.54, 1.807) is 0 Å². The van der Waals surface area contributed by atoms with E-state index in [4.69, 9.17) is 0 Å². The van der Waals surface area contributed by atoms with Gasteiger partial charge < -0.3 is 0 Å². The Hall–Kier alpha value is -1.31. The Morgan fingerprint density at radius 3 is 2.93 bits per heavy atom. The summed E-state index contributed by atoms with van der Waals surface area (Å²) in [5.74, 6) is 0.626. The van der Waals surface area contributed by atoms with Crippen molar-refractivity contribution in [2.24, 2.45) is 7.05 Å². The minimum Gasteiger partial charge on any atom is -0.275 e. The quantitative estimate of drug-likeness (QED) is 0.708. The van der Waals surface area contributed by atoms with E-state index < -0.39 is 0 Å². The van der Waals surface area contributed by atoms with Crippen LogP contribution in [0.3, 0.4) is 0 Å². The smallest absolute Gasteiger partial charge is 0.0926 e. The number of hydrogen-bond acceptors (Lipinski definition) is 1. The zero-order valence-electron chi connectivity index (χ0n) is 8.99. The molecule has 1 aromatic heterocycles. The van der Waals surface area contributed by atoms with Gasteiger partial charge in [-0.1, -0.05) is 26.0 Å². The van der Waals surface area contributed by atoms with Crippen LogP contribution in [0.4, 0.5) is 0 Å². The molecule has 0 fully saturated rings. The second kappa shape index (κ2) is 3.45. The van der Waals surface area contributed by atoms with Crippen molar-refractivity contribution in [3.8, 4) is 0 Å². The van der Waals surface area contributed by atoms with Crippen LogP contribution in [0.25, 0.3) is 10.9 Å². The Morgan fingerprint density at radius 1 is 1.43 bits per heavy atom. The number of fused-ring (bicyclic) bond motifs is 1. The molecule has 0 aliphatic heterocycles. The monoisotopic (exact) mass is 188 g/mol. The van der Waals surface area contributed by atoms with E-state index in [1.807, 2.05) is 11.7 Å². The molecule has 2 nitrogen and oxygen atoms in total. The molecule has 0 bridgehead atoms. The van der Waals surface area contributed by atoms with Gasteiger partial charge in [-0.15, -0.1) is 0 Å². The Morgan fingerprint density at radius 2 is 2.21 bits per heavy atom. The molecule has 0 N–H and O–H groups in total. The summed E-state index contributed by atoms with van der Waals surface area (Å²) in [6, 6.07) is 6.56. The summed E-state index contributed by atoms with van der Waals surface area (Å²) in [5.41, 5.74) is 2.49. The molecule has 1 atom stereocenters. The van der Waals surface area contributed by atoms with E-state index in [2.05, 4.69) is 43.3 Å². The maximum absolute atomic E-state index is 4.41. The lowest BCUT2D eigenvalue weighted by Crippen LogP contribution is -1.90. The predicted octanol–water partition coefficient (Wildman–Crippen LogP) is 3.09. The van der Waals surface area contributed by atoms with Crippen molar-refractivity contribution in [2.75, 3.05) is 0 Å². The fourth-order valence-corrected chi connectivity index (χ4v) is 1.70. The highest BCUT2D eigenvalue weighted by atomic mass is 15.2. The Labute approximate surface area is 84.5 Å². The van der Waals surface area contributed by atoms with Crippen molar-refractivity contribution in [1.29, 1.82) is 0 Å². The molecule has 1 unspecified atom stereocenters. The van der Waals surface area contributed by atoms with Crippen LogP contribution < -0.4 is 0 Å². The van der Waals surface area contributed by atoms with Crippen LogP contribution >= 0.6 is 0 Å². The summed E-state index contributed by atoms with van der Waals surface area (Å²) in [7, 11) is 1.96. The molecule has 2 rings (SSSR count). The van der Waals surface area contributed by atoms with Gasteiger partial charge in [-0.2, -0.15) is 5.10 Å². The lowest BCUT2D eigenvalue weighted by Gasteiger charge is -2.07. The first kappa shape index (κ1) is 9.25. The summed E-state index contributed by atoms with van der Waals surface area (Å²) in [5, 5.41) is 5.63. The first-order valence-electron chi connectivity index (χ1n) is 5.14. The SMILES string of the molecule is CCC(C)c1ccc2cn(C)nc2c1. The highest BCUT2D eigenvalue weighted by Gasteiger charge is 2.05. The first-order chi connectivity index (χ1) is 6.70. The molecule has 1 aromatic carbocycles. The van der Waals surface area contributed by atoms with Gasteiger partial charge in [0.25, 0.3) is 0 Å². The second-order valence-corrected chi connectivity index (χ2v) is 3.93. The molecule has 14 heavy (non-hydrogen) atoms.